The Labute approximate surface area is 140 Å². The van der Waals surface area contributed by atoms with Crippen molar-refractivity contribution >= 4 is 38.6 Å². The largest absolute Gasteiger partial charge is 0.377 e. The second-order valence-corrected chi connectivity index (χ2v) is 8.14. The van der Waals surface area contributed by atoms with Crippen LogP contribution >= 0.6 is 11.3 Å². The maximum atomic E-state index is 11.9. The molecule has 0 fully saturated rings. The Balaban J connectivity index is 1.96. The molecule has 0 atom stereocenters. The number of amides is 1. The van der Waals surface area contributed by atoms with E-state index < -0.39 is 15.9 Å². The molecule has 2 rings (SSSR count). The van der Waals surface area contributed by atoms with E-state index in [2.05, 4.69) is 10.0 Å². The molecule has 0 saturated carbocycles. The molecule has 8 heteroatoms. The zero-order chi connectivity index (χ0) is 17.0. The van der Waals surface area contributed by atoms with E-state index in [9.17, 15) is 13.2 Å². The summed E-state index contributed by atoms with van der Waals surface area (Å²) in [5.41, 5.74) is 2.71. The number of nitrogens with zero attached hydrogens (tertiary/aromatic N) is 1. The number of thiophene rings is 1. The van der Waals surface area contributed by atoms with E-state index in [4.69, 9.17) is 0 Å². The van der Waals surface area contributed by atoms with Gasteiger partial charge in [-0.1, -0.05) is 6.07 Å². The molecule has 6 nitrogen and oxygen atoms in total. The zero-order valence-corrected chi connectivity index (χ0v) is 14.8. The van der Waals surface area contributed by atoms with Crippen LogP contribution in [-0.4, -0.2) is 35.0 Å². The van der Waals surface area contributed by atoms with Crippen LogP contribution in [0.4, 0.5) is 11.4 Å². The van der Waals surface area contributed by atoms with Gasteiger partial charge in [-0.05, 0) is 42.1 Å². The molecule has 0 aliphatic carbocycles. The molecular weight excluding hydrogens is 334 g/mol. The van der Waals surface area contributed by atoms with Gasteiger partial charge in [0.25, 0.3) is 10.0 Å². The summed E-state index contributed by atoms with van der Waals surface area (Å²) in [6.45, 7) is 1.64. The Morgan fingerprint density at radius 2 is 2.00 bits per heavy atom. The lowest BCUT2D eigenvalue weighted by Crippen LogP contribution is -2.32. The first-order valence-electron chi connectivity index (χ1n) is 6.90. The molecule has 0 unspecified atom stereocenters. The molecule has 23 heavy (non-hydrogen) atoms. The van der Waals surface area contributed by atoms with Crippen LogP contribution in [0.1, 0.15) is 5.56 Å². The minimum Gasteiger partial charge on any atom is -0.377 e. The molecule has 0 aliphatic rings. The van der Waals surface area contributed by atoms with Crippen LogP contribution in [0, 0.1) is 6.92 Å². The van der Waals surface area contributed by atoms with Gasteiger partial charge in [-0.25, -0.2) is 13.1 Å². The highest BCUT2D eigenvalue weighted by Gasteiger charge is 2.16. The SMILES string of the molecule is Cc1cc(NC(=O)CNS(=O)(=O)c2cccs2)ccc1N(C)C. The normalized spacial score (nSPS) is 11.3. The fourth-order valence-electron chi connectivity index (χ4n) is 2.09. The Morgan fingerprint density at radius 1 is 1.26 bits per heavy atom. The quantitative estimate of drug-likeness (QED) is 0.833. The Kier molecular flexibility index (Phi) is 5.40. The first-order valence-corrected chi connectivity index (χ1v) is 9.27. The lowest BCUT2D eigenvalue weighted by Gasteiger charge is -2.16. The van der Waals surface area contributed by atoms with Crippen LogP contribution in [0.3, 0.4) is 0 Å². The highest BCUT2D eigenvalue weighted by molar-refractivity contribution is 7.91. The van der Waals surface area contributed by atoms with Crippen molar-refractivity contribution in [2.45, 2.75) is 11.1 Å². The number of rotatable bonds is 6. The molecule has 0 bridgehead atoms. The number of hydrogen-bond donors (Lipinski definition) is 2. The van der Waals surface area contributed by atoms with Crippen molar-refractivity contribution in [1.82, 2.24) is 4.72 Å². The molecule has 0 aliphatic heterocycles. The van der Waals surface area contributed by atoms with Crippen LogP contribution in [-0.2, 0) is 14.8 Å². The number of aryl methyl sites for hydroxylation is 1. The third-order valence-electron chi connectivity index (χ3n) is 3.15. The highest BCUT2D eigenvalue weighted by atomic mass is 32.2. The fourth-order valence-corrected chi connectivity index (χ4v) is 4.11. The van der Waals surface area contributed by atoms with Gasteiger partial charge in [0.05, 0.1) is 6.54 Å². The van der Waals surface area contributed by atoms with Gasteiger partial charge in [0, 0.05) is 25.5 Å². The van der Waals surface area contributed by atoms with Crippen molar-refractivity contribution in [2.24, 2.45) is 0 Å². The summed E-state index contributed by atoms with van der Waals surface area (Å²) in [6, 6.07) is 8.68. The van der Waals surface area contributed by atoms with Crippen molar-refractivity contribution in [3.63, 3.8) is 0 Å². The lowest BCUT2D eigenvalue weighted by atomic mass is 10.1. The van der Waals surface area contributed by atoms with Crippen molar-refractivity contribution in [3.8, 4) is 0 Å². The molecule has 2 N–H and O–H groups in total. The summed E-state index contributed by atoms with van der Waals surface area (Å²) in [4.78, 5) is 13.9. The number of sulfonamides is 1. The van der Waals surface area contributed by atoms with Crippen LogP contribution in [0.2, 0.25) is 0 Å². The predicted molar refractivity (Wildman–Crippen MR) is 93.6 cm³/mol. The predicted octanol–water partition coefficient (Wildman–Crippen LogP) is 2.04. The van der Waals surface area contributed by atoms with Crippen LogP contribution in [0.25, 0.3) is 0 Å². The lowest BCUT2D eigenvalue weighted by molar-refractivity contribution is -0.115. The number of nitrogens with one attached hydrogen (secondary N) is 2. The van der Waals surface area contributed by atoms with Gasteiger partial charge in [-0.2, -0.15) is 0 Å². The molecule has 2 aromatic rings. The minimum atomic E-state index is -3.63. The molecule has 1 aromatic heterocycles. The number of benzene rings is 1. The molecule has 1 aromatic carbocycles. The van der Waals surface area contributed by atoms with Gasteiger partial charge in [-0.3, -0.25) is 4.79 Å². The van der Waals surface area contributed by atoms with Crippen LogP contribution < -0.4 is 14.9 Å². The second-order valence-electron chi connectivity index (χ2n) is 5.20. The van der Waals surface area contributed by atoms with Gasteiger partial charge in [0.2, 0.25) is 5.91 Å². The standard InChI is InChI=1S/C15H19N3O3S2/c1-11-9-12(6-7-13(11)18(2)3)17-14(19)10-16-23(20,21)15-5-4-8-22-15/h4-9,16H,10H2,1-3H3,(H,17,19). The summed E-state index contributed by atoms with van der Waals surface area (Å²) < 4.78 is 26.4. The molecule has 0 radical (unpaired) electrons. The number of carbonyl (C=O) groups excluding carboxylic acids is 1. The first kappa shape index (κ1) is 17.5. The minimum absolute atomic E-state index is 0.191. The van der Waals surface area contributed by atoms with Crippen LogP contribution in [0.15, 0.2) is 39.9 Å². The number of hydrogen-bond acceptors (Lipinski definition) is 5. The summed E-state index contributed by atoms with van der Waals surface area (Å²) >= 11 is 1.10. The van der Waals surface area contributed by atoms with E-state index in [1.807, 2.05) is 38.1 Å². The van der Waals surface area contributed by atoms with Crippen molar-refractivity contribution in [3.05, 3.63) is 41.3 Å². The van der Waals surface area contributed by atoms with E-state index >= 15 is 0 Å². The molecular formula is C15H19N3O3S2. The van der Waals surface area contributed by atoms with E-state index in [0.717, 1.165) is 22.6 Å². The topological polar surface area (TPSA) is 78.5 Å². The fraction of sp³-hybridized carbons (Fsp3) is 0.267. The number of anilines is 2. The van der Waals surface area contributed by atoms with Gasteiger partial charge in [0.1, 0.15) is 4.21 Å². The van der Waals surface area contributed by atoms with Crippen molar-refractivity contribution in [2.75, 3.05) is 30.9 Å². The van der Waals surface area contributed by atoms with Gasteiger partial charge in [0.15, 0.2) is 0 Å². The summed E-state index contributed by atoms with van der Waals surface area (Å²) in [7, 11) is 0.259. The summed E-state index contributed by atoms with van der Waals surface area (Å²) in [6.07, 6.45) is 0. The van der Waals surface area contributed by atoms with Crippen molar-refractivity contribution < 1.29 is 13.2 Å². The van der Waals surface area contributed by atoms with E-state index in [0.29, 0.717) is 5.69 Å². The Morgan fingerprint density at radius 3 is 2.57 bits per heavy atom. The number of carbonyl (C=O) groups is 1. The van der Waals surface area contributed by atoms with Gasteiger partial charge >= 0.3 is 0 Å². The monoisotopic (exact) mass is 353 g/mol. The Bertz CT molecular complexity index is 784. The average Bonchev–Trinajstić information content (AvgIpc) is 3.00. The maximum Gasteiger partial charge on any atom is 0.250 e. The van der Waals surface area contributed by atoms with Gasteiger partial charge < -0.3 is 10.2 Å². The average molecular weight is 353 g/mol. The van der Waals surface area contributed by atoms with E-state index in [1.54, 1.807) is 17.5 Å². The van der Waals surface area contributed by atoms with E-state index in [1.165, 1.54) is 6.07 Å². The third kappa shape index (κ3) is 4.54. The molecule has 1 heterocycles. The molecule has 124 valence electrons. The second kappa shape index (κ2) is 7.12. The third-order valence-corrected chi connectivity index (χ3v) is 5.94. The van der Waals surface area contributed by atoms with Crippen LogP contribution in [0.5, 0.6) is 0 Å². The first-order chi connectivity index (χ1) is 10.8. The highest BCUT2D eigenvalue weighted by Crippen LogP contribution is 2.21. The van der Waals surface area contributed by atoms with Gasteiger partial charge in [-0.15, -0.1) is 11.3 Å². The maximum absolute atomic E-state index is 11.9. The zero-order valence-electron chi connectivity index (χ0n) is 13.2. The Hall–Kier alpha value is -1.90. The summed E-state index contributed by atoms with van der Waals surface area (Å²) in [5.74, 6) is -0.415. The smallest absolute Gasteiger partial charge is 0.250 e. The molecule has 0 spiro atoms. The summed E-state index contributed by atoms with van der Waals surface area (Å²) in [5, 5.41) is 4.36. The van der Waals surface area contributed by atoms with E-state index in [-0.39, 0.29) is 10.8 Å². The molecule has 1 amide bonds. The van der Waals surface area contributed by atoms with Crippen molar-refractivity contribution in [1.29, 1.82) is 0 Å². The molecule has 0 saturated heterocycles.